The van der Waals surface area contributed by atoms with Gasteiger partial charge in [0.2, 0.25) is 5.88 Å². The number of rotatable bonds is 4. The number of aromatic hydroxyl groups is 1. The topological polar surface area (TPSA) is 94.0 Å². The minimum atomic E-state index is 0.189. The average molecular weight is 385 g/mol. The zero-order valence-electron chi connectivity index (χ0n) is 16.1. The molecule has 29 heavy (non-hydrogen) atoms. The number of pyridine rings is 2. The molecule has 0 atom stereocenters. The Morgan fingerprint density at radius 2 is 1.86 bits per heavy atom. The van der Waals surface area contributed by atoms with Gasteiger partial charge in [0.25, 0.3) is 5.78 Å². The predicted molar refractivity (Wildman–Crippen MR) is 109 cm³/mol. The molecule has 0 radical (unpaired) electrons. The molecule has 1 N–H and O–H groups in total. The van der Waals surface area contributed by atoms with Crippen LogP contribution in [-0.4, -0.2) is 39.2 Å². The lowest BCUT2D eigenvalue weighted by Gasteiger charge is -2.05. The number of hydrogen-bond acceptors (Lipinski definition) is 6. The van der Waals surface area contributed by atoms with Crippen molar-refractivity contribution >= 4 is 16.7 Å². The Labute approximate surface area is 166 Å². The first-order valence-corrected chi connectivity index (χ1v) is 9.37. The quantitative estimate of drug-likeness (QED) is 0.511. The van der Waals surface area contributed by atoms with Crippen LogP contribution in [0.15, 0.2) is 49.1 Å². The van der Waals surface area contributed by atoms with E-state index in [-0.39, 0.29) is 5.88 Å². The number of fused-ring (bicyclic) bond motifs is 2. The van der Waals surface area contributed by atoms with E-state index in [1.807, 2.05) is 44.3 Å². The lowest BCUT2D eigenvalue weighted by atomic mass is 10.1. The molecule has 0 fully saturated rings. The highest BCUT2D eigenvalue weighted by Gasteiger charge is 2.15. The highest BCUT2D eigenvalue weighted by molar-refractivity contribution is 5.98. The van der Waals surface area contributed by atoms with E-state index in [9.17, 15) is 5.11 Å². The van der Waals surface area contributed by atoms with Gasteiger partial charge in [-0.3, -0.25) is 9.97 Å². The zero-order valence-corrected chi connectivity index (χ0v) is 16.1. The summed E-state index contributed by atoms with van der Waals surface area (Å²) in [5.41, 5.74) is 4.56. The van der Waals surface area contributed by atoms with Gasteiger partial charge in [-0.1, -0.05) is 0 Å². The van der Waals surface area contributed by atoms with Crippen LogP contribution < -0.4 is 0 Å². The summed E-state index contributed by atoms with van der Waals surface area (Å²) in [6.45, 7) is 4.46. The Kier molecular flexibility index (Phi) is 3.97. The van der Waals surface area contributed by atoms with Gasteiger partial charge in [-0.05, 0) is 49.2 Å². The van der Waals surface area contributed by atoms with Crippen LogP contribution in [-0.2, 0) is 13.0 Å². The van der Waals surface area contributed by atoms with Crippen molar-refractivity contribution in [1.82, 2.24) is 34.1 Å². The van der Waals surface area contributed by atoms with Crippen LogP contribution in [0.3, 0.4) is 0 Å². The number of nitrogens with zero attached hydrogens (tertiary/aromatic N) is 7. The minimum absolute atomic E-state index is 0.189. The van der Waals surface area contributed by atoms with Crippen LogP contribution in [0.5, 0.6) is 5.88 Å². The SMILES string of the molecule is Cc1cc(C)n2nc(CCn3cc4nccc(-c5ccncc5)c4c3O)nc2n1. The third-order valence-electron chi connectivity index (χ3n) is 4.98. The van der Waals surface area contributed by atoms with Crippen molar-refractivity contribution in [3.8, 4) is 17.0 Å². The number of aromatic nitrogens is 7. The molecule has 0 amide bonds. The molecule has 0 spiro atoms. The molecule has 5 rings (SSSR count). The first kappa shape index (κ1) is 17.3. The summed E-state index contributed by atoms with van der Waals surface area (Å²) in [5, 5.41) is 16.2. The molecule has 0 saturated heterocycles. The van der Waals surface area contributed by atoms with Gasteiger partial charge in [-0.2, -0.15) is 4.98 Å². The van der Waals surface area contributed by atoms with E-state index < -0.39 is 0 Å². The average Bonchev–Trinajstić information content (AvgIpc) is 3.28. The van der Waals surface area contributed by atoms with Gasteiger partial charge in [-0.15, -0.1) is 5.10 Å². The van der Waals surface area contributed by atoms with Gasteiger partial charge in [-0.25, -0.2) is 9.50 Å². The summed E-state index contributed by atoms with van der Waals surface area (Å²) >= 11 is 0. The van der Waals surface area contributed by atoms with E-state index in [2.05, 4.69) is 25.0 Å². The fraction of sp³-hybridized carbons (Fsp3) is 0.190. The van der Waals surface area contributed by atoms with Crippen molar-refractivity contribution in [2.75, 3.05) is 0 Å². The van der Waals surface area contributed by atoms with E-state index >= 15 is 0 Å². The molecule has 0 aliphatic heterocycles. The fourth-order valence-electron chi connectivity index (χ4n) is 3.64. The van der Waals surface area contributed by atoms with Crippen LogP contribution >= 0.6 is 0 Å². The molecule has 0 saturated carbocycles. The van der Waals surface area contributed by atoms with Gasteiger partial charge < -0.3 is 9.67 Å². The largest absolute Gasteiger partial charge is 0.494 e. The molecular weight excluding hydrogens is 366 g/mol. The summed E-state index contributed by atoms with van der Waals surface area (Å²) in [5.74, 6) is 1.47. The van der Waals surface area contributed by atoms with Crippen LogP contribution in [0.25, 0.3) is 27.8 Å². The lowest BCUT2D eigenvalue weighted by molar-refractivity contribution is 0.421. The maximum atomic E-state index is 10.9. The second-order valence-corrected chi connectivity index (χ2v) is 7.03. The Bertz CT molecular complexity index is 1340. The molecule has 0 bridgehead atoms. The second-order valence-electron chi connectivity index (χ2n) is 7.03. The molecular formula is C21H19N7O. The van der Waals surface area contributed by atoms with Crippen LogP contribution in [0.4, 0.5) is 0 Å². The van der Waals surface area contributed by atoms with Gasteiger partial charge in [0, 0.05) is 49.1 Å². The van der Waals surface area contributed by atoms with E-state index in [1.54, 1.807) is 27.7 Å². The Balaban J connectivity index is 1.49. The zero-order chi connectivity index (χ0) is 20.0. The molecule has 5 aromatic heterocycles. The molecule has 0 aliphatic carbocycles. The van der Waals surface area contributed by atoms with E-state index in [0.717, 1.165) is 33.4 Å². The molecule has 0 unspecified atom stereocenters. The summed E-state index contributed by atoms with van der Waals surface area (Å²) in [7, 11) is 0. The molecule has 144 valence electrons. The smallest absolute Gasteiger partial charge is 0.252 e. The molecule has 8 heteroatoms. The van der Waals surface area contributed by atoms with Crippen LogP contribution in [0.1, 0.15) is 17.2 Å². The highest BCUT2D eigenvalue weighted by Crippen LogP contribution is 2.34. The van der Waals surface area contributed by atoms with Crippen molar-refractivity contribution in [3.63, 3.8) is 0 Å². The molecule has 0 aliphatic rings. The van der Waals surface area contributed by atoms with Gasteiger partial charge in [0.1, 0.15) is 0 Å². The normalized spacial score (nSPS) is 11.5. The monoisotopic (exact) mass is 385 g/mol. The Morgan fingerprint density at radius 3 is 2.69 bits per heavy atom. The summed E-state index contributed by atoms with van der Waals surface area (Å²) < 4.78 is 3.54. The second kappa shape index (κ2) is 6.66. The van der Waals surface area contributed by atoms with Crippen molar-refractivity contribution < 1.29 is 5.11 Å². The molecule has 0 aromatic carbocycles. The third kappa shape index (κ3) is 2.98. The van der Waals surface area contributed by atoms with Gasteiger partial charge in [0.05, 0.1) is 10.9 Å². The van der Waals surface area contributed by atoms with Crippen LogP contribution in [0.2, 0.25) is 0 Å². The first-order valence-electron chi connectivity index (χ1n) is 9.37. The van der Waals surface area contributed by atoms with E-state index in [0.29, 0.717) is 24.6 Å². The maximum absolute atomic E-state index is 10.9. The van der Waals surface area contributed by atoms with Gasteiger partial charge >= 0.3 is 0 Å². The van der Waals surface area contributed by atoms with Crippen molar-refractivity contribution in [2.24, 2.45) is 0 Å². The third-order valence-corrected chi connectivity index (χ3v) is 4.98. The Hall–Kier alpha value is -3.81. The van der Waals surface area contributed by atoms with Crippen LogP contribution in [0, 0.1) is 13.8 Å². The van der Waals surface area contributed by atoms with Crippen molar-refractivity contribution in [2.45, 2.75) is 26.8 Å². The van der Waals surface area contributed by atoms with Crippen molar-refractivity contribution in [1.29, 1.82) is 0 Å². The van der Waals surface area contributed by atoms with E-state index in [1.165, 1.54) is 0 Å². The standard InChI is InChI=1S/C21H19N7O/c1-13-11-14(2)28-21(24-13)25-18(26-28)6-10-27-12-17-19(20(27)29)16(5-9-23-17)15-3-7-22-8-4-15/h3-5,7-9,11-12,29H,6,10H2,1-2H3. The summed E-state index contributed by atoms with van der Waals surface area (Å²) in [6.07, 6.45) is 7.66. The predicted octanol–water partition coefficient (Wildman–Crippen LogP) is 3.10. The summed E-state index contributed by atoms with van der Waals surface area (Å²) in [6, 6.07) is 7.72. The number of aryl methyl sites for hydroxylation is 4. The molecule has 5 heterocycles. The van der Waals surface area contributed by atoms with E-state index in [4.69, 9.17) is 0 Å². The number of hydrogen-bond donors (Lipinski definition) is 1. The highest BCUT2D eigenvalue weighted by atomic mass is 16.3. The van der Waals surface area contributed by atoms with Crippen molar-refractivity contribution in [3.05, 3.63) is 66.3 Å². The fourth-order valence-corrected chi connectivity index (χ4v) is 3.64. The maximum Gasteiger partial charge on any atom is 0.252 e. The lowest BCUT2D eigenvalue weighted by Crippen LogP contribution is -2.01. The molecule has 8 nitrogen and oxygen atoms in total. The minimum Gasteiger partial charge on any atom is -0.494 e. The molecule has 5 aromatic rings. The van der Waals surface area contributed by atoms with Gasteiger partial charge in [0.15, 0.2) is 5.82 Å². The Morgan fingerprint density at radius 1 is 1.03 bits per heavy atom. The first-order chi connectivity index (χ1) is 14.1. The summed E-state index contributed by atoms with van der Waals surface area (Å²) in [4.78, 5) is 17.4.